The van der Waals surface area contributed by atoms with Crippen molar-refractivity contribution in [2.45, 2.75) is 32.6 Å². The largest absolute Gasteiger partial charge is 0.242 e. The van der Waals surface area contributed by atoms with Crippen molar-refractivity contribution < 1.29 is 9.59 Å². The number of rotatable bonds is 6. The van der Waals surface area contributed by atoms with E-state index in [1.165, 1.54) is 12.2 Å². The van der Waals surface area contributed by atoms with Crippen molar-refractivity contribution in [3.05, 3.63) is 11.9 Å². The van der Waals surface area contributed by atoms with Gasteiger partial charge in [0, 0.05) is 0 Å². The maximum atomic E-state index is 9.86. The molecule has 0 rings (SSSR count). The SMILES string of the molecule is CCCCCC=C(N=C=O)N=C=O. The molecule has 0 atom stereocenters. The highest BCUT2D eigenvalue weighted by atomic mass is 16.1. The summed E-state index contributed by atoms with van der Waals surface area (Å²) in [6, 6.07) is 0. The molecule has 0 aromatic heterocycles. The van der Waals surface area contributed by atoms with Crippen LogP contribution < -0.4 is 0 Å². The van der Waals surface area contributed by atoms with Crippen molar-refractivity contribution in [1.82, 2.24) is 0 Å². The number of allylic oxidation sites excluding steroid dienone is 1. The van der Waals surface area contributed by atoms with Gasteiger partial charge in [0.15, 0.2) is 5.82 Å². The average Bonchev–Trinajstić information content (AvgIpc) is 2.13. The first kappa shape index (κ1) is 11.5. The van der Waals surface area contributed by atoms with E-state index in [9.17, 15) is 9.59 Å². The van der Waals surface area contributed by atoms with Crippen LogP contribution in [-0.2, 0) is 9.59 Å². The lowest BCUT2D eigenvalue weighted by molar-refractivity contribution is 0.562. The molecule has 0 unspecified atom stereocenters. The van der Waals surface area contributed by atoms with Gasteiger partial charge < -0.3 is 0 Å². The third kappa shape index (κ3) is 6.88. The minimum absolute atomic E-state index is 0.0982. The summed E-state index contributed by atoms with van der Waals surface area (Å²) in [4.78, 5) is 26.2. The highest BCUT2D eigenvalue weighted by Gasteiger charge is 1.89. The van der Waals surface area contributed by atoms with Gasteiger partial charge in [0.25, 0.3) is 0 Å². The third-order valence-corrected chi connectivity index (χ3v) is 1.45. The average molecular weight is 180 g/mol. The van der Waals surface area contributed by atoms with Gasteiger partial charge in [0.05, 0.1) is 0 Å². The molecule has 0 N–H and O–H groups in total. The van der Waals surface area contributed by atoms with Gasteiger partial charge in [-0.3, -0.25) is 0 Å². The molecule has 4 heteroatoms. The number of aliphatic imine (C=N–C) groups is 2. The number of hydrogen-bond donors (Lipinski definition) is 0. The van der Waals surface area contributed by atoms with Crippen LogP contribution in [0.2, 0.25) is 0 Å². The molecular weight excluding hydrogens is 168 g/mol. The van der Waals surface area contributed by atoms with E-state index in [1.54, 1.807) is 6.08 Å². The van der Waals surface area contributed by atoms with Crippen LogP contribution in [0, 0.1) is 0 Å². The Bertz CT molecular complexity index is 239. The summed E-state index contributed by atoms with van der Waals surface area (Å²) < 4.78 is 0. The number of nitrogens with zero attached hydrogens (tertiary/aromatic N) is 2. The maximum absolute atomic E-state index is 9.86. The Hall–Kier alpha value is -1.50. The fourth-order valence-corrected chi connectivity index (χ4v) is 0.835. The molecule has 0 aliphatic carbocycles. The van der Waals surface area contributed by atoms with Gasteiger partial charge in [-0.05, 0) is 18.9 Å². The van der Waals surface area contributed by atoms with Crippen molar-refractivity contribution in [3.63, 3.8) is 0 Å². The predicted molar refractivity (Wildman–Crippen MR) is 48.5 cm³/mol. The molecule has 0 aromatic carbocycles. The molecule has 0 saturated carbocycles. The number of carbonyl (C=O) groups excluding carboxylic acids is 2. The van der Waals surface area contributed by atoms with Crippen LogP contribution in [0.1, 0.15) is 32.6 Å². The zero-order valence-corrected chi connectivity index (χ0v) is 7.62. The fraction of sp³-hybridized carbons (Fsp3) is 0.556. The lowest BCUT2D eigenvalue weighted by Crippen LogP contribution is -1.75. The summed E-state index contributed by atoms with van der Waals surface area (Å²) in [5, 5.41) is 0. The monoisotopic (exact) mass is 180 g/mol. The van der Waals surface area contributed by atoms with Crippen molar-refractivity contribution in [1.29, 1.82) is 0 Å². The van der Waals surface area contributed by atoms with Crippen molar-refractivity contribution in [2.75, 3.05) is 0 Å². The van der Waals surface area contributed by atoms with Gasteiger partial charge in [0.1, 0.15) is 0 Å². The summed E-state index contributed by atoms with van der Waals surface area (Å²) in [7, 11) is 0. The standard InChI is InChI=1S/C9H12N2O2/c1-2-3-4-5-6-9(10-7-12)11-8-13/h6H,2-5H2,1H3. The quantitative estimate of drug-likeness (QED) is 0.357. The summed E-state index contributed by atoms with van der Waals surface area (Å²) >= 11 is 0. The fourth-order valence-electron chi connectivity index (χ4n) is 0.835. The van der Waals surface area contributed by atoms with Crippen molar-refractivity contribution in [3.8, 4) is 0 Å². The molecule has 0 amide bonds. The molecule has 0 heterocycles. The molecular formula is C9H12N2O2. The Balaban J connectivity index is 4.03. The van der Waals surface area contributed by atoms with Crippen molar-refractivity contribution >= 4 is 12.2 Å². The van der Waals surface area contributed by atoms with Gasteiger partial charge in [-0.1, -0.05) is 19.8 Å². The summed E-state index contributed by atoms with van der Waals surface area (Å²) in [6.07, 6.45) is 8.28. The zero-order chi connectivity index (χ0) is 9.94. The van der Waals surface area contributed by atoms with E-state index < -0.39 is 0 Å². The minimum Gasteiger partial charge on any atom is -0.211 e. The van der Waals surface area contributed by atoms with E-state index in [0.717, 1.165) is 25.7 Å². The van der Waals surface area contributed by atoms with E-state index in [2.05, 4.69) is 16.9 Å². The van der Waals surface area contributed by atoms with Crippen LogP contribution in [0.15, 0.2) is 21.9 Å². The molecule has 0 radical (unpaired) electrons. The van der Waals surface area contributed by atoms with E-state index >= 15 is 0 Å². The van der Waals surface area contributed by atoms with E-state index in [-0.39, 0.29) is 5.82 Å². The first-order valence-corrected chi connectivity index (χ1v) is 4.21. The van der Waals surface area contributed by atoms with Gasteiger partial charge in [-0.2, -0.15) is 0 Å². The molecule has 70 valence electrons. The molecule has 0 aliphatic rings. The molecule has 0 bridgehead atoms. The second-order valence-electron chi connectivity index (χ2n) is 2.46. The molecule has 0 spiro atoms. The smallest absolute Gasteiger partial charge is 0.211 e. The molecule has 0 saturated heterocycles. The van der Waals surface area contributed by atoms with E-state index in [4.69, 9.17) is 0 Å². The predicted octanol–water partition coefficient (Wildman–Crippen LogP) is 2.08. The number of unbranched alkanes of at least 4 members (excludes halogenated alkanes) is 3. The van der Waals surface area contributed by atoms with Gasteiger partial charge in [-0.15, -0.1) is 9.98 Å². The van der Waals surface area contributed by atoms with Gasteiger partial charge in [-0.25, -0.2) is 9.59 Å². The highest BCUT2D eigenvalue weighted by Crippen LogP contribution is 2.04. The van der Waals surface area contributed by atoms with E-state index in [1.807, 2.05) is 0 Å². The first-order valence-electron chi connectivity index (χ1n) is 4.21. The van der Waals surface area contributed by atoms with Crippen molar-refractivity contribution in [2.24, 2.45) is 9.98 Å². The second kappa shape index (κ2) is 8.60. The van der Waals surface area contributed by atoms with Gasteiger partial charge >= 0.3 is 0 Å². The van der Waals surface area contributed by atoms with E-state index in [0.29, 0.717) is 0 Å². The zero-order valence-electron chi connectivity index (χ0n) is 7.62. The Labute approximate surface area is 77.1 Å². The van der Waals surface area contributed by atoms with Crippen LogP contribution in [0.5, 0.6) is 0 Å². The highest BCUT2D eigenvalue weighted by molar-refractivity contribution is 5.41. The van der Waals surface area contributed by atoms with Crippen LogP contribution >= 0.6 is 0 Å². The molecule has 0 aromatic rings. The normalized spacial score (nSPS) is 8.08. The summed E-state index contributed by atoms with van der Waals surface area (Å²) in [6.45, 7) is 2.10. The Morgan fingerprint density at radius 3 is 2.31 bits per heavy atom. The minimum atomic E-state index is 0.0982. The summed E-state index contributed by atoms with van der Waals surface area (Å²) in [5.74, 6) is 0.0982. The molecule has 0 fully saturated rings. The molecule has 0 aliphatic heterocycles. The first-order chi connectivity index (χ1) is 6.35. The van der Waals surface area contributed by atoms with Gasteiger partial charge in [0.2, 0.25) is 12.2 Å². The Morgan fingerprint density at radius 2 is 1.85 bits per heavy atom. The van der Waals surface area contributed by atoms with Crippen LogP contribution in [-0.4, -0.2) is 12.2 Å². The molecule has 13 heavy (non-hydrogen) atoms. The number of isocyanates is 2. The van der Waals surface area contributed by atoms with Crippen LogP contribution in [0.25, 0.3) is 0 Å². The second-order valence-corrected chi connectivity index (χ2v) is 2.46. The summed E-state index contributed by atoms with van der Waals surface area (Å²) in [5.41, 5.74) is 0. The maximum Gasteiger partial charge on any atom is 0.242 e. The lowest BCUT2D eigenvalue weighted by Gasteiger charge is -1.91. The van der Waals surface area contributed by atoms with Crippen LogP contribution in [0.3, 0.4) is 0 Å². The number of hydrogen-bond acceptors (Lipinski definition) is 4. The Kier molecular flexibility index (Phi) is 7.60. The molecule has 4 nitrogen and oxygen atoms in total. The third-order valence-electron chi connectivity index (χ3n) is 1.45. The van der Waals surface area contributed by atoms with Crippen LogP contribution in [0.4, 0.5) is 0 Å². The Morgan fingerprint density at radius 1 is 1.23 bits per heavy atom. The lowest BCUT2D eigenvalue weighted by atomic mass is 10.2. The topological polar surface area (TPSA) is 58.9 Å².